The van der Waals surface area contributed by atoms with E-state index in [1.165, 1.54) is 0 Å². The Morgan fingerprint density at radius 1 is 1.20 bits per heavy atom. The summed E-state index contributed by atoms with van der Waals surface area (Å²) in [4.78, 5) is 31.7. The molecule has 3 rings (SSSR count). The third-order valence-electron chi connectivity index (χ3n) is 5.25. The molecule has 30 heavy (non-hydrogen) atoms. The molecule has 2 heterocycles. The summed E-state index contributed by atoms with van der Waals surface area (Å²) in [7, 11) is 1.64. The van der Waals surface area contributed by atoms with E-state index in [9.17, 15) is 9.59 Å². The minimum absolute atomic E-state index is 0.100. The van der Waals surface area contributed by atoms with Gasteiger partial charge in [-0.3, -0.25) is 9.80 Å². The van der Waals surface area contributed by atoms with Gasteiger partial charge in [-0.1, -0.05) is 12.1 Å². The lowest BCUT2D eigenvalue weighted by Gasteiger charge is -2.39. The first-order valence-corrected chi connectivity index (χ1v) is 9.78. The average molecular weight is 413 g/mol. The summed E-state index contributed by atoms with van der Waals surface area (Å²) in [5.41, 5.74) is 8.27. The van der Waals surface area contributed by atoms with E-state index in [4.69, 9.17) is 15.6 Å². The van der Waals surface area contributed by atoms with Gasteiger partial charge in [-0.25, -0.2) is 9.78 Å². The maximum Gasteiger partial charge on any atom is 0.407 e. The van der Waals surface area contributed by atoms with Crippen LogP contribution in [0.5, 0.6) is 5.75 Å². The van der Waals surface area contributed by atoms with Crippen molar-refractivity contribution in [3.63, 3.8) is 0 Å². The number of amides is 1. The Kier molecular flexibility index (Phi) is 7.21. The van der Waals surface area contributed by atoms with E-state index >= 15 is 0 Å². The number of carbonyl (C=O) groups is 2. The molecule has 1 aliphatic rings. The van der Waals surface area contributed by atoms with Gasteiger partial charge in [-0.2, -0.15) is 0 Å². The molecule has 1 atom stereocenters. The smallest absolute Gasteiger partial charge is 0.407 e. The first-order chi connectivity index (χ1) is 14.5. The lowest BCUT2D eigenvalue weighted by Crippen LogP contribution is -2.57. The Morgan fingerprint density at radius 2 is 1.87 bits per heavy atom. The van der Waals surface area contributed by atoms with Gasteiger partial charge < -0.3 is 25.3 Å². The number of ether oxygens (including phenoxy) is 1. The van der Waals surface area contributed by atoms with Crippen molar-refractivity contribution in [3.8, 4) is 16.9 Å². The van der Waals surface area contributed by atoms with Crippen LogP contribution in [0.3, 0.4) is 0 Å². The largest absolute Gasteiger partial charge is 0.497 e. The van der Waals surface area contributed by atoms with Gasteiger partial charge in [0.05, 0.1) is 26.4 Å². The molecule has 0 spiro atoms. The van der Waals surface area contributed by atoms with E-state index in [0.717, 1.165) is 40.7 Å². The Bertz CT molecular complexity index is 835. The topological polar surface area (TPSA) is 112 Å². The van der Waals surface area contributed by atoms with Gasteiger partial charge in [0.1, 0.15) is 17.9 Å². The molecule has 9 heteroatoms. The summed E-state index contributed by atoms with van der Waals surface area (Å²) in [6, 6.07) is 11.9. The maximum absolute atomic E-state index is 11.2. The predicted molar refractivity (Wildman–Crippen MR) is 114 cm³/mol. The van der Waals surface area contributed by atoms with Crippen molar-refractivity contribution in [2.45, 2.75) is 6.17 Å². The Morgan fingerprint density at radius 3 is 2.40 bits per heavy atom. The van der Waals surface area contributed by atoms with Crippen LogP contribution in [0.2, 0.25) is 0 Å². The number of methoxy groups -OCH3 is 1. The van der Waals surface area contributed by atoms with Crippen molar-refractivity contribution in [1.29, 1.82) is 0 Å². The van der Waals surface area contributed by atoms with Crippen LogP contribution in [0.4, 0.5) is 10.6 Å². The Balaban J connectivity index is 1.55. The van der Waals surface area contributed by atoms with E-state index < -0.39 is 12.3 Å². The minimum Gasteiger partial charge on any atom is -0.497 e. The van der Waals surface area contributed by atoms with Crippen LogP contribution in [0.15, 0.2) is 42.6 Å². The highest BCUT2D eigenvalue weighted by Gasteiger charge is 2.25. The van der Waals surface area contributed by atoms with E-state index in [1.807, 2.05) is 47.5 Å². The molecule has 1 unspecified atom stereocenters. The summed E-state index contributed by atoms with van der Waals surface area (Å²) in [5, 5.41) is 9.14. The highest BCUT2D eigenvalue weighted by atomic mass is 16.5. The molecule has 1 amide bonds. The Labute approximate surface area is 175 Å². The van der Waals surface area contributed by atoms with Crippen molar-refractivity contribution in [3.05, 3.63) is 42.6 Å². The maximum atomic E-state index is 11.2. The number of piperazine rings is 1. The molecular weight excluding hydrogens is 386 g/mol. The first kappa shape index (κ1) is 21.5. The van der Waals surface area contributed by atoms with Crippen molar-refractivity contribution >= 4 is 18.2 Å². The molecule has 1 aliphatic heterocycles. The summed E-state index contributed by atoms with van der Waals surface area (Å²) >= 11 is 0. The van der Waals surface area contributed by atoms with Gasteiger partial charge in [0.2, 0.25) is 0 Å². The number of nitrogens with zero attached hydrogens (tertiary/aromatic N) is 4. The third kappa shape index (κ3) is 5.25. The molecule has 0 saturated carbocycles. The number of rotatable bonds is 8. The number of pyridine rings is 1. The van der Waals surface area contributed by atoms with Crippen LogP contribution in [0.25, 0.3) is 11.1 Å². The normalized spacial score (nSPS) is 15.5. The molecule has 3 N–H and O–H groups in total. The van der Waals surface area contributed by atoms with Crippen LogP contribution in [0.1, 0.15) is 0 Å². The van der Waals surface area contributed by atoms with Gasteiger partial charge in [-0.15, -0.1) is 0 Å². The number of hydrogen-bond acceptors (Lipinski definition) is 7. The average Bonchev–Trinajstić information content (AvgIpc) is 2.79. The first-order valence-electron chi connectivity index (χ1n) is 9.78. The van der Waals surface area contributed by atoms with Gasteiger partial charge >= 0.3 is 6.09 Å². The second kappa shape index (κ2) is 10.0. The molecule has 0 aliphatic carbocycles. The SMILES string of the molecule is COc1ccc(-c2ccc(N3CCN(C(N)CN(CC=O)C(=O)O)CC3)nc2)cc1. The molecule has 1 aromatic heterocycles. The number of carboxylic acid groups (broad SMARTS) is 1. The van der Waals surface area contributed by atoms with E-state index in [-0.39, 0.29) is 13.1 Å². The monoisotopic (exact) mass is 413 g/mol. The summed E-state index contributed by atoms with van der Waals surface area (Å²) in [6.45, 7) is 2.79. The predicted octanol–water partition coefficient (Wildman–Crippen LogP) is 1.34. The van der Waals surface area contributed by atoms with Crippen molar-refractivity contribution < 1.29 is 19.4 Å². The van der Waals surface area contributed by atoms with Crippen LogP contribution >= 0.6 is 0 Å². The number of benzene rings is 1. The highest BCUT2D eigenvalue weighted by molar-refractivity contribution is 5.69. The fourth-order valence-electron chi connectivity index (χ4n) is 3.47. The summed E-state index contributed by atoms with van der Waals surface area (Å²) < 4.78 is 5.19. The third-order valence-corrected chi connectivity index (χ3v) is 5.25. The van der Waals surface area contributed by atoms with E-state index in [2.05, 4.69) is 9.88 Å². The van der Waals surface area contributed by atoms with Crippen LogP contribution in [-0.2, 0) is 4.79 Å². The summed E-state index contributed by atoms with van der Waals surface area (Å²) in [5.74, 6) is 1.71. The Hall–Kier alpha value is -3.17. The van der Waals surface area contributed by atoms with Crippen molar-refractivity contribution in [2.75, 3.05) is 51.3 Å². The zero-order valence-corrected chi connectivity index (χ0v) is 17.0. The molecule has 160 valence electrons. The van der Waals surface area contributed by atoms with Gasteiger partial charge in [0.15, 0.2) is 0 Å². The molecule has 1 saturated heterocycles. The fourth-order valence-corrected chi connectivity index (χ4v) is 3.47. The van der Waals surface area contributed by atoms with E-state index in [1.54, 1.807) is 7.11 Å². The number of nitrogens with two attached hydrogens (primary N) is 1. The number of aldehydes is 1. The fraction of sp³-hybridized carbons (Fsp3) is 0.381. The number of anilines is 1. The molecule has 0 bridgehead atoms. The molecule has 2 aromatic rings. The second-order valence-electron chi connectivity index (χ2n) is 7.08. The molecule has 0 radical (unpaired) electrons. The van der Waals surface area contributed by atoms with Gasteiger partial charge in [0, 0.05) is 37.9 Å². The van der Waals surface area contributed by atoms with Crippen LogP contribution < -0.4 is 15.4 Å². The second-order valence-corrected chi connectivity index (χ2v) is 7.08. The van der Waals surface area contributed by atoms with Crippen molar-refractivity contribution in [1.82, 2.24) is 14.8 Å². The van der Waals surface area contributed by atoms with Gasteiger partial charge in [0.25, 0.3) is 0 Å². The molecule has 1 aromatic carbocycles. The summed E-state index contributed by atoms with van der Waals surface area (Å²) in [6.07, 6.45) is 0.838. The lowest BCUT2D eigenvalue weighted by molar-refractivity contribution is -0.108. The zero-order chi connectivity index (χ0) is 21.5. The van der Waals surface area contributed by atoms with E-state index in [0.29, 0.717) is 19.4 Å². The molecular formula is C21H27N5O4. The van der Waals surface area contributed by atoms with Crippen molar-refractivity contribution in [2.24, 2.45) is 5.73 Å². The molecule has 1 fully saturated rings. The molecule has 9 nitrogen and oxygen atoms in total. The lowest BCUT2D eigenvalue weighted by atomic mass is 10.1. The standard InChI is InChI=1S/C21H27N5O4/c1-30-18-5-2-16(3-6-18)17-4-7-20(23-14-17)25-10-8-24(9-11-25)19(22)15-26(12-13-27)21(28)29/h2-7,13-14,19H,8-12,15,22H2,1H3,(H,28,29). The van der Waals surface area contributed by atoms with Gasteiger partial charge in [-0.05, 0) is 29.8 Å². The van der Waals surface area contributed by atoms with Crippen LogP contribution in [0, 0.1) is 0 Å². The quantitative estimate of drug-likeness (QED) is 0.624. The van der Waals surface area contributed by atoms with Crippen LogP contribution in [-0.4, -0.2) is 84.8 Å². The number of aromatic nitrogens is 1. The zero-order valence-electron chi connectivity index (χ0n) is 17.0. The number of hydrogen-bond donors (Lipinski definition) is 2. The highest BCUT2D eigenvalue weighted by Crippen LogP contribution is 2.24. The number of carbonyl (C=O) groups excluding carboxylic acids is 1. The minimum atomic E-state index is -1.14.